The third-order valence-corrected chi connectivity index (χ3v) is 4.28. The number of benzene rings is 2. The number of para-hydroxylation sites is 1. The quantitative estimate of drug-likeness (QED) is 0.755. The predicted octanol–water partition coefficient (Wildman–Crippen LogP) is 3.67. The van der Waals surface area contributed by atoms with Crippen LogP contribution in [0.25, 0.3) is 0 Å². The minimum atomic E-state index is -0.0512. The molecule has 3 heteroatoms. The molecule has 2 aromatic carbocycles. The number of hydrogen-bond acceptors (Lipinski definition) is 2. The fourth-order valence-electron chi connectivity index (χ4n) is 3.30. The molecule has 0 saturated carbocycles. The highest BCUT2D eigenvalue weighted by Gasteiger charge is 2.35. The maximum absolute atomic E-state index is 12.2. The van der Waals surface area contributed by atoms with Crippen molar-refractivity contribution in [2.75, 3.05) is 5.32 Å². The Balaban J connectivity index is 1.89. The van der Waals surface area contributed by atoms with Gasteiger partial charge in [-0.2, -0.15) is 0 Å². The van der Waals surface area contributed by atoms with E-state index in [9.17, 15) is 4.79 Å². The lowest BCUT2D eigenvalue weighted by Crippen LogP contribution is -2.22. The van der Waals surface area contributed by atoms with E-state index < -0.39 is 0 Å². The van der Waals surface area contributed by atoms with Gasteiger partial charge in [-0.25, -0.2) is 0 Å². The van der Waals surface area contributed by atoms with Gasteiger partial charge in [0.05, 0.1) is 6.04 Å². The second kappa shape index (κ2) is 5.19. The van der Waals surface area contributed by atoms with Crippen molar-refractivity contribution in [1.82, 2.24) is 4.98 Å². The van der Waals surface area contributed by atoms with Gasteiger partial charge < -0.3 is 10.3 Å². The number of H-pyrrole nitrogens is 1. The number of hydrogen-bond donors (Lipinski definition) is 2. The lowest BCUT2D eigenvalue weighted by molar-refractivity contribution is 0.703. The Labute approximate surface area is 128 Å². The summed E-state index contributed by atoms with van der Waals surface area (Å²) in [6, 6.07) is 22.4. The topological polar surface area (TPSA) is 44.9 Å². The molecule has 2 unspecified atom stereocenters. The van der Waals surface area contributed by atoms with Crippen molar-refractivity contribution in [3.63, 3.8) is 0 Å². The van der Waals surface area contributed by atoms with Gasteiger partial charge in [-0.15, -0.1) is 0 Å². The molecule has 1 aliphatic heterocycles. The average molecular weight is 288 g/mol. The zero-order valence-corrected chi connectivity index (χ0v) is 12.0. The molecule has 1 aromatic heterocycles. The van der Waals surface area contributed by atoms with Crippen LogP contribution in [0.3, 0.4) is 0 Å². The number of nitrogens with one attached hydrogen (secondary N) is 2. The van der Waals surface area contributed by atoms with Crippen LogP contribution in [-0.2, 0) is 0 Å². The van der Waals surface area contributed by atoms with E-state index in [1.165, 1.54) is 11.1 Å². The van der Waals surface area contributed by atoms with Crippen molar-refractivity contribution in [2.24, 2.45) is 0 Å². The van der Waals surface area contributed by atoms with Crippen LogP contribution >= 0.6 is 0 Å². The minimum Gasteiger partial charge on any atom is -0.377 e. The molecule has 4 rings (SSSR count). The van der Waals surface area contributed by atoms with Gasteiger partial charge >= 0.3 is 0 Å². The SMILES string of the molecule is O=c1[nH]cccc1C1Nc2ccccc2C1c1ccccc1. The van der Waals surface area contributed by atoms with Gasteiger partial charge in [0.25, 0.3) is 5.56 Å². The van der Waals surface area contributed by atoms with Crippen molar-refractivity contribution in [1.29, 1.82) is 0 Å². The van der Waals surface area contributed by atoms with Crippen molar-refractivity contribution in [3.8, 4) is 0 Å². The molecule has 0 amide bonds. The van der Waals surface area contributed by atoms with E-state index in [4.69, 9.17) is 0 Å². The van der Waals surface area contributed by atoms with E-state index in [1.807, 2.05) is 42.5 Å². The Morgan fingerprint density at radius 1 is 0.773 bits per heavy atom. The molecule has 0 bridgehead atoms. The zero-order chi connectivity index (χ0) is 14.9. The highest BCUT2D eigenvalue weighted by molar-refractivity contribution is 5.63. The summed E-state index contributed by atoms with van der Waals surface area (Å²) in [4.78, 5) is 15.0. The molecule has 2 heterocycles. The molecule has 2 N–H and O–H groups in total. The number of rotatable bonds is 2. The number of anilines is 1. The third-order valence-electron chi connectivity index (χ3n) is 4.28. The Bertz CT molecular complexity index is 854. The largest absolute Gasteiger partial charge is 0.377 e. The van der Waals surface area contributed by atoms with Gasteiger partial charge in [0.15, 0.2) is 0 Å². The van der Waals surface area contributed by atoms with Crippen LogP contribution in [-0.4, -0.2) is 4.98 Å². The van der Waals surface area contributed by atoms with Gasteiger partial charge in [0, 0.05) is 23.4 Å². The fraction of sp³-hybridized carbons (Fsp3) is 0.105. The van der Waals surface area contributed by atoms with Crippen LogP contribution in [0.5, 0.6) is 0 Å². The number of fused-ring (bicyclic) bond motifs is 1. The van der Waals surface area contributed by atoms with E-state index in [0.29, 0.717) is 0 Å². The molecule has 2 atom stereocenters. The zero-order valence-electron chi connectivity index (χ0n) is 12.0. The Kier molecular flexibility index (Phi) is 3.04. The second-order valence-corrected chi connectivity index (χ2v) is 5.55. The summed E-state index contributed by atoms with van der Waals surface area (Å²) in [5.41, 5.74) is 4.29. The standard InChI is InChI=1S/C19H16N2O/c22-19-15(10-6-12-20-19)18-17(13-7-2-1-3-8-13)14-9-4-5-11-16(14)21-18/h1-12,17-18,21H,(H,20,22). The normalized spacial score (nSPS) is 19.5. The minimum absolute atomic E-state index is 0.0336. The first kappa shape index (κ1) is 12.9. The number of pyridine rings is 1. The Morgan fingerprint density at radius 3 is 2.32 bits per heavy atom. The second-order valence-electron chi connectivity index (χ2n) is 5.55. The molecule has 0 aliphatic carbocycles. The molecule has 0 fully saturated rings. The van der Waals surface area contributed by atoms with Gasteiger partial charge in [-0.3, -0.25) is 4.79 Å². The van der Waals surface area contributed by atoms with E-state index in [0.717, 1.165) is 11.3 Å². The highest BCUT2D eigenvalue weighted by Crippen LogP contribution is 2.46. The summed E-state index contributed by atoms with van der Waals surface area (Å²) in [5, 5.41) is 3.52. The summed E-state index contributed by atoms with van der Waals surface area (Å²) in [5.74, 6) is 0.140. The van der Waals surface area contributed by atoms with Gasteiger partial charge in [0.1, 0.15) is 0 Å². The van der Waals surface area contributed by atoms with E-state index in [1.54, 1.807) is 6.20 Å². The number of aromatic nitrogens is 1. The molecular formula is C19H16N2O. The van der Waals surface area contributed by atoms with Gasteiger partial charge in [-0.05, 0) is 29.3 Å². The molecule has 108 valence electrons. The van der Waals surface area contributed by atoms with Crippen molar-refractivity contribution < 1.29 is 0 Å². The average Bonchev–Trinajstić information content (AvgIpc) is 2.95. The van der Waals surface area contributed by atoms with Crippen molar-refractivity contribution >= 4 is 5.69 Å². The molecule has 1 aliphatic rings. The molecule has 0 spiro atoms. The molecule has 0 saturated heterocycles. The number of aromatic amines is 1. The summed E-state index contributed by atoms with van der Waals surface area (Å²) >= 11 is 0. The first-order chi connectivity index (χ1) is 10.8. The van der Waals surface area contributed by atoms with Crippen molar-refractivity contribution in [2.45, 2.75) is 12.0 Å². The van der Waals surface area contributed by atoms with Crippen LogP contribution < -0.4 is 10.9 Å². The van der Waals surface area contributed by atoms with E-state index in [2.05, 4.69) is 34.6 Å². The van der Waals surface area contributed by atoms with Crippen LogP contribution in [0.2, 0.25) is 0 Å². The van der Waals surface area contributed by atoms with E-state index in [-0.39, 0.29) is 17.5 Å². The molecule has 3 aromatic rings. The van der Waals surface area contributed by atoms with Crippen LogP contribution in [0.1, 0.15) is 28.7 Å². The third kappa shape index (κ3) is 2.02. The molecular weight excluding hydrogens is 272 g/mol. The van der Waals surface area contributed by atoms with Crippen LogP contribution in [0.4, 0.5) is 5.69 Å². The molecule has 22 heavy (non-hydrogen) atoms. The Morgan fingerprint density at radius 2 is 1.50 bits per heavy atom. The van der Waals surface area contributed by atoms with Gasteiger partial charge in [-0.1, -0.05) is 48.5 Å². The molecule has 3 nitrogen and oxygen atoms in total. The molecule has 0 radical (unpaired) electrons. The van der Waals surface area contributed by atoms with Gasteiger partial charge in [0.2, 0.25) is 0 Å². The summed E-state index contributed by atoms with van der Waals surface area (Å²) < 4.78 is 0. The first-order valence-electron chi connectivity index (χ1n) is 7.42. The highest BCUT2D eigenvalue weighted by atomic mass is 16.1. The first-order valence-corrected chi connectivity index (χ1v) is 7.42. The maximum Gasteiger partial charge on any atom is 0.253 e. The smallest absolute Gasteiger partial charge is 0.253 e. The maximum atomic E-state index is 12.2. The lowest BCUT2D eigenvalue weighted by atomic mass is 9.85. The van der Waals surface area contributed by atoms with Crippen LogP contribution in [0, 0.1) is 0 Å². The monoisotopic (exact) mass is 288 g/mol. The van der Waals surface area contributed by atoms with Crippen LogP contribution in [0.15, 0.2) is 77.7 Å². The fourth-order valence-corrected chi connectivity index (χ4v) is 3.30. The van der Waals surface area contributed by atoms with E-state index >= 15 is 0 Å². The summed E-state index contributed by atoms with van der Waals surface area (Å²) in [7, 11) is 0. The summed E-state index contributed by atoms with van der Waals surface area (Å²) in [6.45, 7) is 0. The van der Waals surface area contributed by atoms with Crippen molar-refractivity contribution in [3.05, 3.63) is 100.0 Å². The predicted molar refractivity (Wildman–Crippen MR) is 88.2 cm³/mol. The Hall–Kier alpha value is -2.81. The lowest BCUT2D eigenvalue weighted by Gasteiger charge is -2.20. The summed E-state index contributed by atoms with van der Waals surface area (Å²) in [6.07, 6.45) is 1.67.